The lowest BCUT2D eigenvalue weighted by Crippen LogP contribution is -2.28. The van der Waals surface area contributed by atoms with Crippen LogP contribution in [-0.4, -0.2) is 35.9 Å². The van der Waals surface area contributed by atoms with Crippen LogP contribution >= 0.6 is 0 Å². The zero-order valence-corrected chi connectivity index (χ0v) is 12.1. The molecule has 0 atom stereocenters. The Hall–Kier alpha value is -2.88. The van der Waals surface area contributed by atoms with Crippen LogP contribution in [0.3, 0.4) is 0 Å². The lowest BCUT2D eigenvalue weighted by Gasteiger charge is -2.14. The van der Waals surface area contributed by atoms with E-state index in [2.05, 4.69) is 0 Å². The van der Waals surface area contributed by atoms with Gasteiger partial charge in [-0.25, -0.2) is 0 Å². The molecule has 0 N–H and O–H groups in total. The van der Waals surface area contributed by atoms with E-state index in [4.69, 9.17) is 4.74 Å². The molecule has 0 radical (unpaired) electrons. The van der Waals surface area contributed by atoms with Gasteiger partial charge >= 0.3 is 5.69 Å². The van der Waals surface area contributed by atoms with Crippen molar-refractivity contribution in [3.63, 3.8) is 0 Å². The van der Waals surface area contributed by atoms with E-state index in [-0.39, 0.29) is 22.9 Å². The molecule has 1 heterocycles. The van der Waals surface area contributed by atoms with E-state index in [1.807, 2.05) is 6.07 Å². The van der Waals surface area contributed by atoms with E-state index in [1.165, 1.54) is 25.3 Å². The molecule has 0 spiro atoms. The summed E-state index contributed by atoms with van der Waals surface area (Å²) in [6.07, 6.45) is 3.23. The quantitative estimate of drug-likeness (QED) is 0.367. The van der Waals surface area contributed by atoms with E-state index in [0.717, 1.165) is 12.8 Å². The zero-order valence-electron chi connectivity index (χ0n) is 12.1. The first-order valence-corrected chi connectivity index (χ1v) is 6.80. The number of carbonyl (C=O) groups is 1. The highest BCUT2D eigenvalue weighted by Crippen LogP contribution is 2.28. The summed E-state index contributed by atoms with van der Waals surface area (Å²) in [4.78, 5) is 24.2. The Kier molecular flexibility index (Phi) is 4.73. The molecule has 0 unspecified atom stereocenters. The van der Waals surface area contributed by atoms with Gasteiger partial charge in [0.05, 0.1) is 12.0 Å². The Morgan fingerprint density at radius 3 is 2.68 bits per heavy atom. The van der Waals surface area contributed by atoms with Crippen LogP contribution in [0.2, 0.25) is 0 Å². The van der Waals surface area contributed by atoms with Gasteiger partial charge in [-0.2, -0.15) is 5.26 Å². The molecule has 0 aliphatic carbocycles. The molecule has 1 amide bonds. The van der Waals surface area contributed by atoms with E-state index < -0.39 is 4.92 Å². The molecule has 1 aromatic carbocycles. The van der Waals surface area contributed by atoms with Crippen molar-refractivity contribution < 1.29 is 14.5 Å². The molecule has 2 rings (SSSR count). The molecule has 7 heteroatoms. The Morgan fingerprint density at radius 1 is 1.45 bits per heavy atom. The van der Waals surface area contributed by atoms with Crippen LogP contribution in [0, 0.1) is 21.4 Å². The van der Waals surface area contributed by atoms with Crippen molar-refractivity contribution in [2.75, 3.05) is 20.2 Å². The summed E-state index contributed by atoms with van der Waals surface area (Å²) >= 11 is 0. The molecular weight excluding hydrogens is 286 g/mol. The number of nitriles is 1. The summed E-state index contributed by atoms with van der Waals surface area (Å²) in [5.41, 5.74) is 0.181. The van der Waals surface area contributed by atoms with Gasteiger partial charge in [-0.3, -0.25) is 14.9 Å². The van der Waals surface area contributed by atoms with Crippen LogP contribution in [0.25, 0.3) is 6.08 Å². The molecule has 1 saturated heterocycles. The fourth-order valence-corrected chi connectivity index (χ4v) is 2.34. The van der Waals surface area contributed by atoms with E-state index in [9.17, 15) is 20.2 Å². The summed E-state index contributed by atoms with van der Waals surface area (Å²) in [5.74, 6) is -0.204. The minimum Gasteiger partial charge on any atom is -0.490 e. The van der Waals surface area contributed by atoms with Crippen LogP contribution in [0.1, 0.15) is 18.4 Å². The van der Waals surface area contributed by atoms with Crippen molar-refractivity contribution in [3.8, 4) is 11.8 Å². The lowest BCUT2D eigenvalue weighted by molar-refractivity contribution is -0.385. The predicted octanol–water partition coefficient (Wildman–Crippen LogP) is 2.13. The SMILES string of the molecule is COc1ccc(/C=C(\C#N)C(=O)N2CCCC2)cc1[N+](=O)[O-]. The zero-order chi connectivity index (χ0) is 16.1. The lowest BCUT2D eigenvalue weighted by atomic mass is 10.1. The molecule has 114 valence electrons. The average molecular weight is 301 g/mol. The molecule has 22 heavy (non-hydrogen) atoms. The highest BCUT2D eigenvalue weighted by molar-refractivity contribution is 6.01. The maximum Gasteiger partial charge on any atom is 0.311 e. The molecule has 1 fully saturated rings. The third-order valence-corrected chi connectivity index (χ3v) is 3.45. The second kappa shape index (κ2) is 6.72. The molecule has 7 nitrogen and oxygen atoms in total. The van der Waals surface area contributed by atoms with Gasteiger partial charge < -0.3 is 9.64 Å². The molecule has 1 aromatic rings. The highest BCUT2D eigenvalue weighted by Gasteiger charge is 2.22. The van der Waals surface area contributed by atoms with Crippen molar-refractivity contribution in [2.24, 2.45) is 0 Å². The second-order valence-corrected chi connectivity index (χ2v) is 4.86. The maximum absolute atomic E-state index is 12.2. The van der Waals surface area contributed by atoms with Crippen LogP contribution < -0.4 is 4.74 Å². The second-order valence-electron chi connectivity index (χ2n) is 4.86. The summed E-state index contributed by atoms with van der Waals surface area (Å²) in [6.45, 7) is 1.28. The van der Waals surface area contributed by atoms with Crippen molar-refractivity contribution in [3.05, 3.63) is 39.4 Å². The first kappa shape index (κ1) is 15.5. The number of benzene rings is 1. The van der Waals surface area contributed by atoms with Crippen molar-refractivity contribution in [1.82, 2.24) is 4.90 Å². The Bertz CT molecular complexity index is 670. The number of likely N-dealkylation sites (tertiary alicyclic amines) is 1. The third-order valence-electron chi connectivity index (χ3n) is 3.45. The van der Waals surface area contributed by atoms with E-state index in [1.54, 1.807) is 11.0 Å². The molecule has 0 saturated carbocycles. The van der Waals surface area contributed by atoms with Gasteiger partial charge in [0.15, 0.2) is 5.75 Å². The van der Waals surface area contributed by atoms with Gasteiger partial charge in [0.25, 0.3) is 5.91 Å². The molecule has 1 aliphatic rings. The number of nitro benzene ring substituents is 1. The normalized spacial score (nSPS) is 14.5. The number of methoxy groups -OCH3 is 1. The summed E-state index contributed by atoms with van der Waals surface area (Å²) in [5, 5.41) is 20.2. The Labute approximate surface area is 127 Å². The molecule has 1 aliphatic heterocycles. The fourth-order valence-electron chi connectivity index (χ4n) is 2.34. The first-order valence-electron chi connectivity index (χ1n) is 6.80. The van der Waals surface area contributed by atoms with Crippen LogP contribution in [0.5, 0.6) is 5.75 Å². The number of amides is 1. The smallest absolute Gasteiger partial charge is 0.311 e. The molecular formula is C15H15N3O4. The van der Waals surface area contributed by atoms with Crippen LogP contribution in [-0.2, 0) is 4.79 Å². The van der Waals surface area contributed by atoms with Gasteiger partial charge in [0.1, 0.15) is 11.6 Å². The number of carbonyl (C=O) groups excluding carboxylic acids is 1. The number of nitro groups is 1. The number of nitrogens with zero attached hydrogens (tertiary/aromatic N) is 3. The minimum atomic E-state index is -0.565. The summed E-state index contributed by atoms with van der Waals surface area (Å²) < 4.78 is 4.92. The van der Waals surface area contributed by atoms with Crippen LogP contribution in [0.4, 0.5) is 5.69 Å². The number of ether oxygens (including phenoxy) is 1. The maximum atomic E-state index is 12.2. The van der Waals surface area contributed by atoms with Crippen molar-refractivity contribution in [1.29, 1.82) is 5.26 Å². The van der Waals surface area contributed by atoms with Gasteiger partial charge in [-0.15, -0.1) is 0 Å². The van der Waals surface area contributed by atoms with Crippen molar-refractivity contribution in [2.45, 2.75) is 12.8 Å². The monoisotopic (exact) mass is 301 g/mol. The number of rotatable bonds is 4. The van der Waals surface area contributed by atoms with Gasteiger partial charge in [0, 0.05) is 19.2 Å². The average Bonchev–Trinajstić information content (AvgIpc) is 3.06. The van der Waals surface area contributed by atoms with Gasteiger partial charge in [-0.1, -0.05) is 6.07 Å². The first-order chi connectivity index (χ1) is 10.6. The molecule has 0 bridgehead atoms. The van der Waals surface area contributed by atoms with Gasteiger partial charge in [-0.05, 0) is 30.5 Å². The Morgan fingerprint density at radius 2 is 2.14 bits per heavy atom. The van der Waals surface area contributed by atoms with Gasteiger partial charge in [0.2, 0.25) is 0 Å². The predicted molar refractivity (Wildman–Crippen MR) is 79.1 cm³/mol. The van der Waals surface area contributed by atoms with E-state index >= 15 is 0 Å². The fraction of sp³-hybridized carbons (Fsp3) is 0.333. The Balaban J connectivity index is 2.33. The molecule has 0 aromatic heterocycles. The third kappa shape index (κ3) is 3.23. The topological polar surface area (TPSA) is 96.5 Å². The number of hydrogen-bond donors (Lipinski definition) is 0. The van der Waals surface area contributed by atoms with Crippen LogP contribution in [0.15, 0.2) is 23.8 Å². The standard InChI is InChI=1S/C15H15N3O4/c1-22-14-5-4-11(9-13(14)18(20)21)8-12(10-16)15(19)17-6-2-3-7-17/h4-5,8-9H,2-3,6-7H2,1H3/b12-8+. The summed E-state index contributed by atoms with van der Waals surface area (Å²) in [7, 11) is 1.34. The number of hydrogen-bond acceptors (Lipinski definition) is 5. The van der Waals surface area contributed by atoms with E-state index in [0.29, 0.717) is 18.7 Å². The highest BCUT2D eigenvalue weighted by atomic mass is 16.6. The van der Waals surface area contributed by atoms with Crippen molar-refractivity contribution >= 4 is 17.7 Å². The summed E-state index contributed by atoms with van der Waals surface area (Å²) in [6, 6.07) is 6.17. The largest absolute Gasteiger partial charge is 0.490 e. The minimum absolute atomic E-state index is 0.0265.